The number of carbonyl (C=O) groups is 3. The van der Waals surface area contributed by atoms with Crippen LogP contribution in [0.2, 0.25) is 0 Å². The molecule has 0 bridgehead atoms. The first-order valence-corrected chi connectivity index (χ1v) is 10.9. The SMILES string of the molecule is CCC(C)CN1CC2N(Cc3ccc(OC(F)F)cc3)CCC(=O)N2C(CC(N)=O)C1=O. The molecule has 2 aliphatic rings. The van der Waals surface area contributed by atoms with Crippen LogP contribution in [-0.2, 0) is 20.9 Å². The number of hydrogen-bond donors (Lipinski definition) is 1. The minimum absolute atomic E-state index is 0.0729. The minimum Gasteiger partial charge on any atom is -0.435 e. The Morgan fingerprint density at radius 2 is 1.94 bits per heavy atom. The number of hydrogen-bond acceptors (Lipinski definition) is 5. The van der Waals surface area contributed by atoms with Crippen molar-refractivity contribution in [3.63, 3.8) is 0 Å². The Kier molecular flexibility index (Phi) is 7.65. The van der Waals surface area contributed by atoms with Gasteiger partial charge in [-0.15, -0.1) is 0 Å². The van der Waals surface area contributed by atoms with Crippen LogP contribution in [0, 0.1) is 5.92 Å². The van der Waals surface area contributed by atoms with Gasteiger partial charge in [0.1, 0.15) is 18.0 Å². The molecule has 3 rings (SSSR count). The van der Waals surface area contributed by atoms with E-state index in [1.165, 1.54) is 17.0 Å². The molecular weight excluding hydrogens is 422 g/mol. The number of primary amides is 1. The summed E-state index contributed by atoms with van der Waals surface area (Å²) < 4.78 is 29.2. The number of rotatable bonds is 9. The van der Waals surface area contributed by atoms with Crippen LogP contribution in [0.5, 0.6) is 5.75 Å². The highest BCUT2D eigenvalue weighted by atomic mass is 19.3. The number of nitrogens with zero attached hydrogens (tertiary/aromatic N) is 3. The molecule has 1 aromatic rings. The first-order valence-electron chi connectivity index (χ1n) is 10.9. The topological polar surface area (TPSA) is 96.2 Å². The van der Waals surface area contributed by atoms with E-state index in [0.29, 0.717) is 26.2 Å². The summed E-state index contributed by atoms with van der Waals surface area (Å²) in [6.45, 7) is 3.04. The lowest BCUT2D eigenvalue weighted by Crippen LogP contribution is -2.71. The normalized spacial score (nSPS) is 22.8. The van der Waals surface area contributed by atoms with Gasteiger partial charge in [-0.1, -0.05) is 32.4 Å². The number of amides is 3. The Morgan fingerprint density at radius 3 is 2.53 bits per heavy atom. The van der Waals surface area contributed by atoms with E-state index in [1.54, 1.807) is 17.0 Å². The lowest BCUT2D eigenvalue weighted by molar-refractivity contribution is -0.172. The van der Waals surface area contributed by atoms with Crippen molar-refractivity contribution in [2.75, 3.05) is 19.6 Å². The average Bonchev–Trinajstić information content (AvgIpc) is 2.73. The van der Waals surface area contributed by atoms with Crippen molar-refractivity contribution in [1.82, 2.24) is 14.7 Å². The second kappa shape index (κ2) is 10.2. The Bertz CT molecular complexity index is 836. The van der Waals surface area contributed by atoms with Crippen LogP contribution >= 0.6 is 0 Å². The van der Waals surface area contributed by atoms with Gasteiger partial charge in [-0.25, -0.2) is 0 Å². The van der Waals surface area contributed by atoms with E-state index >= 15 is 0 Å². The predicted molar refractivity (Wildman–Crippen MR) is 112 cm³/mol. The smallest absolute Gasteiger partial charge is 0.387 e. The molecule has 2 fully saturated rings. The summed E-state index contributed by atoms with van der Waals surface area (Å²) >= 11 is 0. The summed E-state index contributed by atoms with van der Waals surface area (Å²) in [5, 5.41) is 0. The molecule has 32 heavy (non-hydrogen) atoms. The first-order chi connectivity index (χ1) is 15.2. The highest BCUT2D eigenvalue weighted by Gasteiger charge is 2.47. The van der Waals surface area contributed by atoms with E-state index in [1.807, 2.05) is 6.92 Å². The molecule has 0 radical (unpaired) electrons. The molecule has 1 aromatic carbocycles. The van der Waals surface area contributed by atoms with Gasteiger partial charge in [0.2, 0.25) is 17.7 Å². The fraction of sp³-hybridized carbons (Fsp3) is 0.591. The monoisotopic (exact) mass is 452 g/mol. The molecule has 0 spiro atoms. The number of fused-ring (bicyclic) bond motifs is 1. The van der Waals surface area contributed by atoms with E-state index < -0.39 is 18.6 Å². The van der Waals surface area contributed by atoms with Crippen LogP contribution in [0.4, 0.5) is 8.78 Å². The quantitative estimate of drug-likeness (QED) is 0.616. The summed E-state index contributed by atoms with van der Waals surface area (Å²) in [4.78, 5) is 42.9. The fourth-order valence-corrected chi connectivity index (χ4v) is 4.30. The van der Waals surface area contributed by atoms with E-state index in [4.69, 9.17) is 5.73 Å². The van der Waals surface area contributed by atoms with E-state index in [2.05, 4.69) is 16.6 Å². The summed E-state index contributed by atoms with van der Waals surface area (Å²) in [5.41, 5.74) is 6.26. The minimum atomic E-state index is -2.89. The van der Waals surface area contributed by atoms with Crippen LogP contribution in [0.1, 0.15) is 38.7 Å². The Balaban J connectivity index is 1.83. The number of ether oxygens (including phenoxy) is 1. The largest absolute Gasteiger partial charge is 0.435 e. The molecule has 3 atom stereocenters. The second-order valence-electron chi connectivity index (χ2n) is 8.47. The third kappa shape index (κ3) is 5.53. The molecule has 3 unspecified atom stereocenters. The van der Waals surface area contributed by atoms with Gasteiger partial charge >= 0.3 is 6.61 Å². The summed E-state index contributed by atoms with van der Waals surface area (Å²) in [6, 6.07) is 5.44. The number of piperazine rings is 1. The fourth-order valence-electron chi connectivity index (χ4n) is 4.30. The molecule has 0 aromatic heterocycles. The van der Waals surface area contributed by atoms with Crippen LogP contribution in [0.3, 0.4) is 0 Å². The molecule has 2 saturated heterocycles. The first kappa shape index (κ1) is 23.9. The standard InChI is InChI=1S/C22H30F2N4O4/c1-3-14(2)11-27-13-19-26(12-15-4-6-16(7-5-15)32-22(23)24)9-8-20(30)28(19)17(21(27)31)10-18(25)29/h4-7,14,17,19,22H,3,8-13H2,1-2H3,(H2,25,29). The van der Waals surface area contributed by atoms with Gasteiger partial charge in [-0.05, 0) is 23.6 Å². The molecule has 2 heterocycles. The van der Waals surface area contributed by atoms with Gasteiger partial charge in [-0.2, -0.15) is 8.78 Å². The van der Waals surface area contributed by atoms with Crippen molar-refractivity contribution in [3.8, 4) is 5.75 Å². The van der Waals surface area contributed by atoms with E-state index in [0.717, 1.165) is 12.0 Å². The van der Waals surface area contributed by atoms with Crippen molar-refractivity contribution in [2.24, 2.45) is 11.7 Å². The molecule has 0 saturated carbocycles. The van der Waals surface area contributed by atoms with Gasteiger partial charge in [0.25, 0.3) is 0 Å². The molecule has 3 amide bonds. The van der Waals surface area contributed by atoms with Crippen molar-refractivity contribution in [1.29, 1.82) is 0 Å². The van der Waals surface area contributed by atoms with Crippen LogP contribution in [0.15, 0.2) is 24.3 Å². The third-order valence-electron chi connectivity index (χ3n) is 6.12. The number of alkyl halides is 2. The van der Waals surface area contributed by atoms with Crippen molar-refractivity contribution in [2.45, 2.75) is 58.5 Å². The van der Waals surface area contributed by atoms with Crippen LogP contribution in [-0.4, -0.2) is 70.9 Å². The van der Waals surface area contributed by atoms with Gasteiger partial charge in [-0.3, -0.25) is 19.3 Å². The van der Waals surface area contributed by atoms with Gasteiger partial charge < -0.3 is 20.3 Å². The maximum atomic E-state index is 13.1. The molecule has 2 N–H and O–H groups in total. The molecule has 8 nitrogen and oxygen atoms in total. The number of halogens is 2. The summed E-state index contributed by atoms with van der Waals surface area (Å²) in [6.07, 6.45) is 0.510. The number of benzene rings is 1. The Morgan fingerprint density at radius 1 is 1.25 bits per heavy atom. The Hall–Kier alpha value is -2.75. The summed E-state index contributed by atoms with van der Waals surface area (Å²) in [5.74, 6) is -0.704. The maximum Gasteiger partial charge on any atom is 0.387 e. The van der Waals surface area contributed by atoms with Gasteiger partial charge in [0.05, 0.1) is 13.0 Å². The van der Waals surface area contributed by atoms with Gasteiger partial charge in [0, 0.05) is 26.1 Å². The van der Waals surface area contributed by atoms with Crippen LogP contribution < -0.4 is 10.5 Å². The molecule has 10 heteroatoms. The van der Waals surface area contributed by atoms with E-state index in [9.17, 15) is 23.2 Å². The summed E-state index contributed by atoms with van der Waals surface area (Å²) in [7, 11) is 0. The van der Waals surface area contributed by atoms with Crippen molar-refractivity contribution < 1.29 is 27.9 Å². The van der Waals surface area contributed by atoms with Crippen LogP contribution in [0.25, 0.3) is 0 Å². The highest BCUT2D eigenvalue weighted by molar-refractivity contribution is 5.93. The predicted octanol–water partition coefficient (Wildman–Crippen LogP) is 1.78. The number of nitrogens with two attached hydrogens (primary N) is 1. The Labute approximate surface area is 186 Å². The van der Waals surface area contributed by atoms with Crippen molar-refractivity contribution in [3.05, 3.63) is 29.8 Å². The lowest BCUT2D eigenvalue weighted by atomic mass is 9.99. The molecule has 176 valence electrons. The van der Waals surface area contributed by atoms with Crippen molar-refractivity contribution >= 4 is 17.7 Å². The lowest BCUT2D eigenvalue weighted by Gasteiger charge is -2.52. The highest BCUT2D eigenvalue weighted by Crippen LogP contribution is 2.29. The third-order valence-corrected chi connectivity index (χ3v) is 6.12. The second-order valence-corrected chi connectivity index (χ2v) is 8.47. The molecular formula is C22H30F2N4O4. The zero-order valence-electron chi connectivity index (χ0n) is 18.4. The maximum absolute atomic E-state index is 13.1. The average molecular weight is 453 g/mol. The van der Waals surface area contributed by atoms with E-state index in [-0.39, 0.29) is 42.5 Å². The number of carbonyl (C=O) groups excluding carboxylic acids is 3. The van der Waals surface area contributed by atoms with Gasteiger partial charge in [0.15, 0.2) is 0 Å². The zero-order chi connectivity index (χ0) is 23.4. The molecule has 2 aliphatic heterocycles. The molecule has 0 aliphatic carbocycles. The zero-order valence-corrected chi connectivity index (χ0v) is 18.4.